The Balaban J connectivity index is 2.14. The zero-order chi connectivity index (χ0) is 12.7. The molecule has 1 aliphatic carbocycles. The molecular formula is C17H28. The van der Waals surface area contributed by atoms with Gasteiger partial charge in [-0.05, 0) is 57.9 Å². The average Bonchev–Trinajstić information content (AvgIpc) is 2.61. The molecule has 96 valence electrons. The summed E-state index contributed by atoms with van der Waals surface area (Å²) in [7, 11) is 0. The fourth-order valence-electron chi connectivity index (χ4n) is 2.45. The highest BCUT2D eigenvalue weighted by molar-refractivity contribution is 5.39. The maximum atomic E-state index is 4.20. The van der Waals surface area contributed by atoms with Crippen molar-refractivity contribution in [1.82, 2.24) is 0 Å². The van der Waals surface area contributed by atoms with Crippen molar-refractivity contribution in [2.45, 2.75) is 72.1 Å². The number of hydrogen-bond donors (Lipinski definition) is 0. The van der Waals surface area contributed by atoms with Crippen molar-refractivity contribution in [2.24, 2.45) is 0 Å². The van der Waals surface area contributed by atoms with E-state index in [2.05, 4.69) is 33.4 Å². The number of hydrogen-bond acceptors (Lipinski definition) is 0. The number of unbranched alkanes of at least 4 members (excludes halogenated alkanes) is 2. The summed E-state index contributed by atoms with van der Waals surface area (Å²) < 4.78 is 0. The summed E-state index contributed by atoms with van der Waals surface area (Å²) in [5.41, 5.74) is 6.15. The predicted molar refractivity (Wildman–Crippen MR) is 78.2 cm³/mol. The minimum Gasteiger partial charge on any atom is -0.0999 e. The van der Waals surface area contributed by atoms with E-state index in [1.54, 1.807) is 11.1 Å². The minimum absolute atomic E-state index is 1.19. The molecule has 0 aliphatic heterocycles. The van der Waals surface area contributed by atoms with E-state index in [0.717, 1.165) is 0 Å². The van der Waals surface area contributed by atoms with Gasteiger partial charge in [-0.3, -0.25) is 0 Å². The number of rotatable bonds is 8. The van der Waals surface area contributed by atoms with Gasteiger partial charge in [0, 0.05) is 0 Å². The molecule has 0 amide bonds. The van der Waals surface area contributed by atoms with Crippen LogP contribution in [0.1, 0.15) is 72.1 Å². The van der Waals surface area contributed by atoms with Crippen LogP contribution in [0.5, 0.6) is 0 Å². The Morgan fingerprint density at radius 3 is 2.47 bits per heavy atom. The Hall–Kier alpha value is -0.780. The molecule has 1 rings (SSSR count). The van der Waals surface area contributed by atoms with Crippen LogP contribution in [0.3, 0.4) is 0 Å². The van der Waals surface area contributed by atoms with E-state index >= 15 is 0 Å². The standard InChI is InChI=1S/C17H28/c1-5-6-7-9-14(2)10-8-11-17-13-12-15(3)16(17)4/h12H,2,5-11,13H2,1,3-4H3. The predicted octanol–water partition coefficient (Wildman–Crippen LogP) is 5.96. The van der Waals surface area contributed by atoms with Gasteiger partial charge in [-0.2, -0.15) is 0 Å². The van der Waals surface area contributed by atoms with Gasteiger partial charge in [0.2, 0.25) is 0 Å². The van der Waals surface area contributed by atoms with Crippen molar-refractivity contribution < 1.29 is 0 Å². The summed E-state index contributed by atoms with van der Waals surface area (Å²) in [5.74, 6) is 0. The van der Waals surface area contributed by atoms with Crippen LogP contribution in [-0.2, 0) is 0 Å². The lowest BCUT2D eigenvalue weighted by atomic mass is 9.99. The largest absolute Gasteiger partial charge is 0.0999 e. The van der Waals surface area contributed by atoms with E-state index in [9.17, 15) is 0 Å². The van der Waals surface area contributed by atoms with E-state index in [1.165, 1.54) is 62.5 Å². The first-order valence-electron chi connectivity index (χ1n) is 7.17. The van der Waals surface area contributed by atoms with Crippen LogP contribution >= 0.6 is 0 Å². The van der Waals surface area contributed by atoms with E-state index in [4.69, 9.17) is 0 Å². The van der Waals surface area contributed by atoms with Gasteiger partial charge in [-0.15, -0.1) is 0 Å². The van der Waals surface area contributed by atoms with E-state index in [-0.39, 0.29) is 0 Å². The van der Waals surface area contributed by atoms with Gasteiger partial charge in [0.25, 0.3) is 0 Å². The first-order chi connectivity index (χ1) is 8.15. The van der Waals surface area contributed by atoms with Crippen molar-refractivity contribution in [3.05, 3.63) is 34.9 Å². The Bertz CT molecular complexity index is 315. The smallest absolute Gasteiger partial charge is 0.0127 e. The average molecular weight is 232 g/mol. The Kier molecular flexibility index (Phi) is 6.32. The van der Waals surface area contributed by atoms with E-state index < -0.39 is 0 Å². The van der Waals surface area contributed by atoms with Gasteiger partial charge in [-0.25, -0.2) is 0 Å². The maximum absolute atomic E-state index is 4.20. The number of allylic oxidation sites excluding steroid dienone is 5. The SMILES string of the molecule is C=C(CCCCC)CCCC1=C(C)C(C)=CC1. The Labute approximate surface area is 108 Å². The van der Waals surface area contributed by atoms with Crippen molar-refractivity contribution in [1.29, 1.82) is 0 Å². The Morgan fingerprint density at radius 2 is 1.88 bits per heavy atom. The molecule has 0 saturated heterocycles. The van der Waals surface area contributed by atoms with Gasteiger partial charge in [0.05, 0.1) is 0 Å². The molecule has 0 bridgehead atoms. The topological polar surface area (TPSA) is 0 Å². The van der Waals surface area contributed by atoms with Gasteiger partial charge >= 0.3 is 0 Å². The van der Waals surface area contributed by atoms with E-state index in [0.29, 0.717) is 0 Å². The molecule has 0 radical (unpaired) electrons. The summed E-state index contributed by atoms with van der Waals surface area (Å²) in [5, 5.41) is 0. The summed E-state index contributed by atoms with van der Waals surface area (Å²) in [6.45, 7) is 10.9. The summed E-state index contributed by atoms with van der Waals surface area (Å²) >= 11 is 0. The minimum atomic E-state index is 1.19. The lowest BCUT2D eigenvalue weighted by Gasteiger charge is -2.07. The molecule has 0 unspecified atom stereocenters. The van der Waals surface area contributed by atoms with Gasteiger partial charge in [0.15, 0.2) is 0 Å². The molecule has 0 nitrogen and oxygen atoms in total. The quantitative estimate of drug-likeness (QED) is 0.358. The maximum Gasteiger partial charge on any atom is -0.0127 e. The first kappa shape index (κ1) is 14.3. The van der Waals surface area contributed by atoms with Crippen LogP contribution in [-0.4, -0.2) is 0 Å². The zero-order valence-corrected chi connectivity index (χ0v) is 11.9. The zero-order valence-electron chi connectivity index (χ0n) is 11.9. The third-order valence-electron chi connectivity index (χ3n) is 3.92. The highest BCUT2D eigenvalue weighted by Crippen LogP contribution is 2.29. The molecule has 0 fully saturated rings. The monoisotopic (exact) mass is 232 g/mol. The second kappa shape index (κ2) is 7.53. The molecule has 0 aromatic heterocycles. The van der Waals surface area contributed by atoms with Crippen LogP contribution in [0.25, 0.3) is 0 Å². The highest BCUT2D eigenvalue weighted by atomic mass is 14.2. The van der Waals surface area contributed by atoms with Gasteiger partial charge in [0.1, 0.15) is 0 Å². The summed E-state index contributed by atoms with van der Waals surface area (Å²) in [6, 6.07) is 0. The molecule has 0 saturated carbocycles. The molecule has 0 spiro atoms. The fraction of sp³-hybridized carbons (Fsp3) is 0.647. The molecule has 0 aromatic carbocycles. The lowest BCUT2D eigenvalue weighted by molar-refractivity contribution is 0.681. The van der Waals surface area contributed by atoms with Crippen molar-refractivity contribution in [3.8, 4) is 0 Å². The summed E-state index contributed by atoms with van der Waals surface area (Å²) in [6.07, 6.45) is 12.6. The summed E-state index contributed by atoms with van der Waals surface area (Å²) in [4.78, 5) is 0. The van der Waals surface area contributed by atoms with Crippen LogP contribution < -0.4 is 0 Å². The molecule has 0 aromatic rings. The van der Waals surface area contributed by atoms with Gasteiger partial charge in [-0.1, -0.05) is 49.1 Å². The second-order valence-electron chi connectivity index (χ2n) is 5.38. The third-order valence-corrected chi connectivity index (χ3v) is 3.92. The second-order valence-corrected chi connectivity index (χ2v) is 5.38. The molecule has 0 N–H and O–H groups in total. The van der Waals surface area contributed by atoms with Crippen LogP contribution in [0, 0.1) is 0 Å². The fourth-order valence-corrected chi connectivity index (χ4v) is 2.45. The molecular weight excluding hydrogens is 204 g/mol. The Morgan fingerprint density at radius 1 is 1.18 bits per heavy atom. The third kappa shape index (κ3) is 4.93. The molecule has 0 atom stereocenters. The van der Waals surface area contributed by atoms with Crippen molar-refractivity contribution in [2.75, 3.05) is 0 Å². The first-order valence-corrected chi connectivity index (χ1v) is 7.17. The molecule has 0 heterocycles. The highest BCUT2D eigenvalue weighted by Gasteiger charge is 2.09. The normalized spacial score (nSPS) is 15.4. The lowest BCUT2D eigenvalue weighted by Crippen LogP contribution is -1.88. The molecule has 1 aliphatic rings. The van der Waals surface area contributed by atoms with Crippen molar-refractivity contribution >= 4 is 0 Å². The van der Waals surface area contributed by atoms with Crippen LogP contribution in [0.2, 0.25) is 0 Å². The van der Waals surface area contributed by atoms with Crippen LogP contribution in [0.15, 0.2) is 34.9 Å². The van der Waals surface area contributed by atoms with Crippen molar-refractivity contribution in [3.63, 3.8) is 0 Å². The molecule has 17 heavy (non-hydrogen) atoms. The molecule has 0 heteroatoms. The van der Waals surface area contributed by atoms with Gasteiger partial charge < -0.3 is 0 Å². The van der Waals surface area contributed by atoms with E-state index in [1.807, 2.05) is 0 Å². The van der Waals surface area contributed by atoms with Crippen LogP contribution in [0.4, 0.5) is 0 Å².